The van der Waals surface area contributed by atoms with Crippen molar-refractivity contribution >= 4 is 15.9 Å². The molecule has 1 aromatic rings. The Labute approximate surface area is 85.3 Å². The number of nitriles is 1. The van der Waals surface area contributed by atoms with E-state index in [-0.39, 0.29) is 5.82 Å². The molecule has 0 amide bonds. The van der Waals surface area contributed by atoms with Crippen LogP contribution in [0.3, 0.4) is 0 Å². The second-order valence-corrected chi connectivity index (χ2v) is 4.22. The Kier molecular flexibility index (Phi) is 2.72. The Morgan fingerprint density at radius 2 is 2.08 bits per heavy atom. The standard InChI is InChI=1S/C10H9BrFN/c1-10(2,6-13)8-4-3-7(12)5-9(8)11/h3-5H,1-2H3. The van der Waals surface area contributed by atoms with Crippen molar-refractivity contribution in [3.63, 3.8) is 0 Å². The maximum absolute atomic E-state index is 12.7. The summed E-state index contributed by atoms with van der Waals surface area (Å²) in [6.07, 6.45) is 0. The van der Waals surface area contributed by atoms with Crippen molar-refractivity contribution in [3.05, 3.63) is 34.1 Å². The number of halogens is 2. The molecule has 1 rings (SSSR count). The number of nitrogens with zero attached hydrogens (tertiary/aromatic N) is 1. The first-order valence-corrected chi connectivity index (χ1v) is 4.63. The molecule has 0 radical (unpaired) electrons. The highest BCUT2D eigenvalue weighted by Gasteiger charge is 2.22. The smallest absolute Gasteiger partial charge is 0.124 e. The van der Waals surface area contributed by atoms with Crippen LogP contribution in [0.25, 0.3) is 0 Å². The predicted molar refractivity (Wildman–Crippen MR) is 52.7 cm³/mol. The third-order valence-electron chi connectivity index (χ3n) is 1.88. The van der Waals surface area contributed by atoms with E-state index >= 15 is 0 Å². The molecule has 68 valence electrons. The zero-order chi connectivity index (χ0) is 10.1. The second kappa shape index (κ2) is 3.47. The molecule has 0 unspecified atom stereocenters. The lowest BCUT2D eigenvalue weighted by Crippen LogP contribution is -2.14. The molecule has 3 heteroatoms. The van der Waals surface area contributed by atoms with Crippen LogP contribution in [0.15, 0.2) is 22.7 Å². The van der Waals surface area contributed by atoms with Gasteiger partial charge in [-0.1, -0.05) is 22.0 Å². The summed E-state index contributed by atoms with van der Waals surface area (Å²) in [5.41, 5.74) is 0.211. The molecule has 1 nitrogen and oxygen atoms in total. The van der Waals surface area contributed by atoms with Crippen molar-refractivity contribution in [1.82, 2.24) is 0 Å². The van der Waals surface area contributed by atoms with Gasteiger partial charge in [-0.15, -0.1) is 0 Å². The van der Waals surface area contributed by atoms with Gasteiger partial charge in [0, 0.05) is 4.47 Å². The Balaban J connectivity index is 3.26. The van der Waals surface area contributed by atoms with Gasteiger partial charge in [0.25, 0.3) is 0 Å². The van der Waals surface area contributed by atoms with E-state index in [4.69, 9.17) is 5.26 Å². The summed E-state index contributed by atoms with van der Waals surface area (Å²) < 4.78 is 13.4. The molecule has 0 saturated heterocycles. The Morgan fingerprint density at radius 1 is 1.46 bits per heavy atom. The average Bonchev–Trinajstić information content (AvgIpc) is 2.03. The highest BCUT2D eigenvalue weighted by Crippen LogP contribution is 2.29. The third kappa shape index (κ3) is 2.07. The zero-order valence-electron chi connectivity index (χ0n) is 7.44. The third-order valence-corrected chi connectivity index (χ3v) is 2.54. The van der Waals surface area contributed by atoms with Gasteiger partial charge in [-0.2, -0.15) is 5.26 Å². The highest BCUT2D eigenvalue weighted by atomic mass is 79.9. The lowest BCUT2D eigenvalue weighted by Gasteiger charge is -2.17. The Bertz CT molecular complexity index is 366. The average molecular weight is 242 g/mol. The van der Waals surface area contributed by atoms with Crippen molar-refractivity contribution in [3.8, 4) is 6.07 Å². The van der Waals surface area contributed by atoms with Crippen LogP contribution in [0, 0.1) is 17.1 Å². The van der Waals surface area contributed by atoms with Crippen molar-refractivity contribution in [2.75, 3.05) is 0 Å². The number of rotatable bonds is 1. The highest BCUT2D eigenvalue weighted by molar-refractivity contribution is 9.10. The summed E-state index contributed by atoms with van der Waals surface area (Å²) in [5, 5.41) is 8.88. The van der Waals surface area contributed by atoms with Gasteiger partial charge in [-0.05, 0) is 31.5 Å². The van der Waals surface area contributed by atoms with Crippen LogP contribution in [0.1, 0.15) is 19.4 Å². The maximum atomic E-state index is 12.7. The normalized spacial score (nSPS) is 11.0. The number of benzene rings is 1. The Hall–Kier alpha value is -0.880. The van der Waals surface area contributed by atoms with Gasteiger partial charge in [-0.3, -0.25) is 0 Å². The van der Waals surface area contributed by atoms with Gasteiger partial charge >= 0.3 is 0 Å². The van der Waals surface area contributed by atoms with Crippen molar-refractivity contribution in [2.24, 2.45) is 0 Å². The van der Waals surface area contributed by atoms with Crippen molar-refractivity contribution < 1.29 is 4.39 Å². The number of hydrogen-bond donors (Lipinski definition) is 0. The van der Waals surface area contributed by atoms with E-state index in [9.17, 15) is 4.39 Å². The molecule has 0 atom stereocenters. The first-order valence-electron chi connectivity index (χ1n) is 3.84. The maximum Gasteiger partial charge on any atom is 0.124 e. The van der Waals surface area contributed by atoms with E-state index in [1.807, 2.05) is 0 Å². The first-order chi connectivity index (χ1) is 5.97. The van der Waals surface area contributed by atoms with Crippen LogP contribution in [0.4, 0.5) is 4.39 Å². The van der Waals surface area contributed by atoms with E-state index in [0.29, 0.717) is 4.47 Å². The predicted octanol–water partition coefficient (Wildman–Crippen LogP) is 3.39. The van der Waals surface area contributed by atoms with Crippen LogP contribution in [0.5, 0.6) is 0 Å². The molecule has 0 bridgehead atoms. The van der Waals surface area contributed by atoms with Gasteiger partial charge < -0.3 is 0 Å². The molecular weight excluding hydrogens is 233 g/mol. The van der Waals surface area contributed by atoms with Crippen LogP contribution >= 0.6 is 15.9 Å². The SMILES string of the molecule is CC(C)(C#N)c1ccc(F)cc1Br. The number of hydrogen-bond acceptors (Lipinski definition) is 1. The van der Waals surface area contributed by atoms with E-state index in [0.717, 1.165) is 5.56 Å². The molecule has 0 fully saturated rings. The van der Waals surface area contributed by atoms with Gasteiger partial charge in [0.1, 0.15) is 5.82 Å². The van der Waals surface area contributed by atoms with Crippen LogP contribution in [-0.4, -0.2) is 0 Å². The molecule has 1 aromatic carbocycles. The summed E-state index contributed by atoms with van der Waals surface area (Å²) in [7, 11) is 0. The molecule has 0 aromatic heterocycles. The topological polar surface area (TPSA) is 23.8 Å². The zero-order valence-corrected chi connectivity index (χ0v) is 9.02. The van der Waals surface area contributed by atoms with E-state index in [1.165, 1.54) is 12.1 Å². The summed E-state index contributed by atoms with van der Waals surface area (Å²) in [6.45, 7) is 3.59. The molecule has 0 saturated carbocycles. The lowest BCUT2D eigenvalue weighted by atomic mass is 9.86. The van der Waals surface area contributed by atoms with E-state index in [1.54, 1.807) is 19.9 Å². The molecule has 0 aliphatic heterocycles. The van der Waals surface area contributed by atoms with E-state index in [2.05, 4.69) is 22.0 Å². The minimum absolute atomic E-state index is 0.302. The fraction of sp³-hybridized carbons (Fsp3) is 0.300. The summed E-state index contributed by atoms with van der Waals surface area (Å²) >= 11 is 3.23. The van der Waals surface area contributed by atoms with Crippen molar-refractivity contribution in [1.29, 1.82) is 5.26 Å². The van der Waals surface area contributed by atoms with Crippen LogP contribution in [0.2, 0.25) is 0 Å². The van der Waals surface area contributed by atoms with Crippen LogP contribution < -0.4 is 0 Å². The minimum Gasteiger partial charge on any atom is -0.207 e. The molecule has 0 aliphatic rings. The van der Waals surface area contributed by atoms with Gasteiger partial charge in [-0.25, -0.2) is 4.39 Å². The monoisotopic (exact) mass is 241 g/mol. The molecule has 0 aliphatic carbocycles. The van der Waals surface area contributed by atoms with E-state index < -0.39 is 5.41 Å². The minimum atomic E-state index is -0.591. The molecular formula is C10H9BrFN. The fourth-order valence-corrected chi connectivity index (χ4v) is 1.90. The summed E-state index contributed by atoms with van der Waals surface area (Å²) in [6, 6.07) is 6.52. The molecule has 0 heterocycles. The largest absolute Gasteiger partial charge is 0.207 e. The molecule has 13 heavy (non-hydrogen) atoms. The van der Waals surface area contributed by atoms with Gasteiger partial charge in [0.2, 0.25) is 0 Å². The Morgan fingerprint density at radius 3 is 2.54 bits per heavy atom. The first kappa shape index (κ1) is 10.2. The van der Waals surface area contributed by atoms with Crippen LogP contribution in [-0.2, 0) is 5.41 Å². The fourth-order valence-electron chi connectivity index (χ4n) is 1.06. The molecule has 0 N–H and O–H groups in total. The van der Waals surface area contributed by atoms with Gasteiger partial charge in [0.15, 0.2) is 0 Å². The van der Waals surface area contributed by atoms with Gasteiger partial charge in [0.05, 0.1) is 11.5 Å². The summed E-state index contributed by atoms with van der Waals surface area (Å²) in [5.74, 6) is -0.302. The summed E-state index contributed by atoms with van der Waals surface area (Å²) in [4.78, 5) is 0. The van der Waals surface area contributed by atoms with Crippen molar-refractivity contribution in [2.45, 2.75) is 19.3 Å². The molecule has 0 spiro atoms. The lowest BCUT2D eigenvalue weighted by molar-refractivity contribution is 0.619. The quantitative estimate of drug-likeness (QED) is 0.740. The second-order valence-electron chi connectivity index (χ2n) is 3.36.